The highest BCUT2D eigenvalue weighted by Gasteiger charge is 2.39. The number of aryl methyl sites for hydroxylation is 1. The molecule has 18 heavy (non-hydrogen) atoms. The normalized spacial score (nSPS) is 20.5. The van der Waals surface area contributed by atoms with Crippen LogP contribution in [0.15, 0.2) is 16.7 Å². The first kappa shape index (κ1) is 13.4. The number of halogens is 2. The van der Waals surface area contributed by atoms with Crippen LogP contribution < -0.4 is 4.90 Å². The smallest absolute Gasteiger partial charge is 0.295 e. The number of amides is 1. The van der Waals surface area contributed by atoms with Crippen molar-refractivity contribution < 1.29 is 17.1 Å². The number of rotatable bonds is 2. The predicted molar refractivity (Wildman–Crippen MR) is 67.5 cm³/mol. The highest BCUT2D eigenvalue weighted by atomic mass is 79.9. The van der Waals surface area contributed by atoms with Crippen LogP contribution >= 0.6 is 15.9 Å². The second-order valence-electron chi connectivity index (χ2n) is 4.13. The van der Waals surface area contributed by atoms with E-state index in [1.165, 1.54) is 4.90 Å². The van der Waals surface area contributed by atoms with E-state index in [0.717, 1.165) is 5.56 Å². The zero-order valence-corrected chi connectivity index (χ0v) is 11.8. The van der Waals surface area contributed by atoms with Gasteiger partial charge in [-0.2, -0.15) is 8.42 Å². The van der Waals surface area contributed by atoms with Crippen molar-refractivity contribution in [2.24, 2.45) is 0 Å². The molecular formula is C10H10BrFN2O3S. The van der Waals surface area contributed by atoms with Crippen molar-refractivity contribution in [1.29, 1.82) is 0 Å². The van der Waals surface area contributed by atoms with E-state index in [4.69, 9.17) is 0 Å². The molecule has 98 valence electrons. The molecule has 1 aromatic rings. The fraction of sp³-hybridized carbons (Fsp3) is 0.400. The van der Waals surface area contributed by atoms with Gasteiger partial charge in [-0.05, 0) is 40.5 Å². The van der Waals surface area contributed by atoms with E-state index < -0.39 is 21.4 Å². The minimum absolute atomic E-state index is 0.194. The second kappa shape index (κ2) is 4.58. The first-order valence-corrected chi connectivity index (χ1v) is 7.39. The summed E-state index contributed by atoms with van der Waals surface area (Å²) >= 11 is 3.19. The fourth-order valence-corrected chi connectivity index (χ4v) is 3.04. The third-order valence-corrected chi connectivity index (χ3v) is 4.21. The Morgan fingerprint density at radius 1 is 1.50 bits per heavy atom. The predicted octanol–water partition coefficient (Wildman–Crippen LogP) is 1.56. The maximum absolute atomic E-state index is 12.9. The molecule has 2 heterocycles. The van der Waals surface area contributed by atoms with E-state index in [-0.39, 0.29) is 13.0 Å². The van der Waals surface area contributed by atoms with E-state index in [9.17, 15) is 17.1 Å². The van der Waals surface area contributed by atoms with Gasteiger partial charge < -0.3 is 0 Å². The molecule has 1 atom stereocenters. The van der Waals surface area contributed by atoms with Crippen LogP contribution in [-0.2, 0) is 15.0 Å². The maximum Gasteiger partial charge on any atom is 0.307 e. The number of pyridine rings is 1. The summed E-state index contributed by atoms with van der Waals surface area (Å²) in [6.45, 7) is 1.63. The van der Waals surface area contributed by atoms with Crippen molar-refractivity contribution in [2.75, 3.05) is 11.4 Å². The van der Waals surface area contributed by atoms with E-state index in [1.807, 2.05) is 6.92 Å². The molecule has 8 heteroatoms. The van der Waals surface area contributed by atoms with Gasteiger partial charge in [0, 0.05) is 13.0 Å². The van der Waals surface area contributed by atoms with Gasteiger partial charge in [-0.15, -0.1) is 3.89 Å². The molecule has 0 spiro atoms. The number of aromatic nitrogens is 1. The molecule has 1 amide bonds. The lowest BCUT2D eigenvalue weighted by molar-refractivity contribution is -0.117. The summed E-state index contributed by atoms with van der Waals surface area (Å²) in [5.41, 5.74) is 0.867. The van der Waals surface area contributed by atoms with Gasteiger partial charge in [-0.3, -0.25) is 9.69 Å². The highest BCUT2D eigenvalue weighted by Crippen LogP contribution is 2.26. The lowest BCUT2D eigenvalue weighted by Gasteiger charge is -2.15. The van der Waals surface area contributed by atoms with Crippen LogP contribution in [0, 0.1) is 6.92 Å². The lowest BCUT2D eigenvalue weighted by atomic mass is 10.3. The molecule has 0 radical (unpaired) electrons. The summed E-state index contributed by atoms with van der Waals surface area (Å²) in [6, 6.07) is 3.41. The Labute approximate surface area is 112 Å². The number of hydrogen-bond acceptors (Lipinski definition) is 4. The number of anilines is 1. The van der Waals surface area contributed by atoms with Crippen molar-refractivity contribution >= 4 is 37.9 Å². The summed E-state index contributed by atoms with van der Waals surface area (Å²) < 4.78 is 35.0. The van der Waals surface area contributed by atoms with Gasteiger partial charge in [0.15, 0.2) is 0 Å². The number of nitrogens with zero attached hydrogens (tertiary/aromatic N) is 2. The van der Waals surface area contributed by atoms with Gasteiger partial charge in [-0.25, -0.2) is 4.98 Å². The van der Waals surface area contributed by atoms with Crippen molar-refractivity contribution in [3.63, 3.8) is 0 Å². The molecule has 1 unspecified atom stereocenters. The monoisotopic (exact) mass is 336 g/mol. The second-order valence-corrected chi connectivity index (χ2v) is 6.56. The van der Waals surface area contributed by atoms with Gasteiger partial charge in [0.2, 0.25) is 5.91 Å². The Morgan fingerprint density at radius 3 is 2.67 bits per heavy atom. The molecule has 0 saturated carbocycles. The topological polar surface area (TPSA) is 67.3 Å². The zero-order valence-electron chi connectivity index (χ0n) is 9.43. The van der Waals surface area contributed by atoms with Crippen LogP contribution in [0.1, 0.15) is 12.0 Å². The van der Waals surface area contributed by atoms with Gasteiger partial charge in [-0.1, -0.05) is 0 Å². The molecule has 0 N–H and O–H groups in total. The van der Waals surface area contributed by atoms with Gasteiger partial charge >= 0.3 is 10.2 Å². The number of carbonyl (C=O) groups is 1. The number of hydrogen-bond donors (Lipinski definition) is 0. The van der Waals surface area contributed by atoms with Gasteiger partial charge in [0.1, 0.15) is 15.7 Å². The van der Waals surface area contributed by atoms with Gasteiger partial charge in [0.25, 0.3) is 0 Å². The van der Waals surface area contributed by atoms with Crippen molar-refractivity contribution in [3.8, 4) is 0 Å². The highest BCUT2D eigenvalue weighted by molar-refractivity contribution is 9.10. The minimum atomic E-state index is -4.70. The van der Waals surface area contributed by atoms with Crippen LogP contribution in [0.3, 0.4) is 0 Å². The standard InChI is InChI=1S/C10H10BrFN2O3S/c1-6-2-8(11)13-9(3-6)14-5-7(4-10(14)15)18(12,16)17/h2-3,7H,4-5H2,1H3. The molecule has 1 aliphatic heterocycles. The fourth-order valence-electron chi connectivity index (χ4n) is 1.83. The molecule has 0 bridgehead atoms. The Kier molecular flexibility index (Phi) is 3.41. The van der Waals surface area contributed by atoms with Crippen LogP contribution in [-0.4, -0.2) is 31.1 Å². The summed E-state index contributed by atoms with van der Waals surface area (Å²) in [5.74, 6) is -0.107. The van der Waals surface area contributed by atoms with Crippen molar-refractivity contribution in [2.45, 2.75) is 18.6 Å². The molecule has 1 saturated heterocycles. The summed E-state index contributed by atoms with van der Waals surface area (Å²) in [6.07, 6.45) is -0.341. The average molecular weight is 337 g/mol. The Morgan fingerprint density at radius 2 is 2.17 bits per heavy atom. The van der Waals surface area contributed by atoms with E-state index in [2.05, 4.69) is 20.9 Å². The molecular weight excluding hydrogens is 327 g/mol. The Hall–Kier alpha value is -1.02. The van der Waals surface area contributed by atoms with Crippen LogP contribution in [0.2, 0.25) is 0 Å². The van der Waals surface area contributed by atoms with Crippen molar-refractivity contribution in [1.82, 2.24) is 4.98 Å². The number of carbonyl (C=O) groups excluding carboxylic acids is 1. The molecule has 2 rings (SSSR count). The molecule has 1 aromatic heterocycles. The first-order chi connectivity index (χ1) is 8.27. The van der Waals surface area contributed by atoms with Gasteiger partial charge in [0.05, 0.1) is 0 Å². The van der Waals surface area contributed by atoms with Crippen molar-refractivity contribution in [3.05, 3.63) is 22.3 Å². The average Bonchev–Trinajstić information content (AvgIpc) is 2.58. The third-order valence-electron chi connectivity index (χ3n) is 2.69. The molecule has 1 fully saturated rings. The van der Waals surface area contributed by atoms with Crippen LogP contribution in [0.5, 0.6) is 0 Å². The van der Waals surface area contributed by atoms with E-state index in [1.54, 1.807) is 12.1 Å². The Balaban J connectivity index is 2.32. The van der Waals surface area contributed by atoms with Crippen LogP contribution in [0.25, 0.3) is 0 Å². The quantitative estimate of drug-likeness (QED) is 0.607. The Bertz CT molecular complexity index is 585. The summed E-state index contributed by atoms with van der Waals surface area (Å²) in [5, 5.41) is -1.30. The first-order valence-electron chi connectivity index (χ1n) is 5.15. The largest absolute Gasteiger partial charge is 0.307 e. The minimum Gasteiger partial charge on any atom is -0.295 e. The van der Waals surface area contributed by atoms with E-state index >= 15 is 0 Å². The van der Waals surface area contributed by atoms with Crippen LogP contribution in [0.4, 0.5) is 9.70 Å². The summed E-state index contributed by atoms with van der Waals surface area (Å²) in [4.78, 5) is 17.0. The molecule has 0 aromatic carbocycles. The zero-order chi connectivity index (χ0) is 13.5. The SMILES string of the molecule is Cc1cc(Br)nc(N2CC(S(=O)(=O)F)CC2=O)c1. The molecule has 1 aliphatic rings. The summed E-state index contributed by atoms with van der Waals surface area (Å²) in [7, 11) is -4.70. The third kappa shape index (κ3) is 2.69. The van der Waals surface area contributed by atoms with E-state index in [0.29, 0.717) is 10.4 Å². The molecule has 0 aliphatic carbocycles. The maximum atomic E-state index is 12.9. The molecule has 5 nitrogen and oxygen atoms in total. The lowest BCUT2D eigenvalue weighted by Crippen LogP contribution is -2.27.